The van der Waals surface area contributed by atoms with Gasteiger partial charge in [0.1, 0.15) is 5.82 Å². The van der Waals surface area contributed by atoms with Crippen LogP contribution in [0.25, 0.3) is 11.1 Å². The molecule has 0 aliphatic rings. The number of hydrogen-bond acceptors (Lipinski definition) is 1. The lowest BCUT2D eigenvalue weighted by Gasteiger charge is -2.07. The van der Waals surface area contributed by atoms with Crippen LogP contribution in [-0.2, 0) is 0 Å². The molecule has 2 rings (SSSR count). The van der Waals surface area contributed by atoms with Crippen LogP contribution < -0.4 is 5.73 Å². The van der Waals surface area contributed by atoms with Crippen LogP contribution in [0.4, 0.5) is 4.39 Å². The first-order chi connectivity index (χ1) is 7.66. The lowest BCUT2D eigenvalue weighted by atomic mass is 10.0. The van der Waals surface area contributed by atoms with Crippen LogP contribution in [0.15, 0.2) is 48.5 Å². The van der Waals surface area contributed by atoms with Gasteiger partial charge in [0.25, 0.3) is 0 Å². The van der Waals surface area contributed by atoms with Crippen LogP contribution in [0.5, 0.6) is 0 Å². The number of benzene rings is 2. The summed E-state index contributed by atoms with van der Waals surface area (Å²) in [6.07, 6.45) is 0. The monoisotopic (exact) mass is 251 g/mol. The van der Waals surface area contributed by atoms with Crippen molar-refractivity contribution >= 4 is 12.4 Å². The molecule has 0 amide bonds. The molecule has 1 unspecified atom stereocenters. The van der Waals surface area contributed by atoms with E-state index in [-0.39, 0.29) is 24.3 Å². The molecule has 0 spiro atoms. The fourth-order valence-electron chi connectivity index (χ4n) is 1.62. The van der Waals surface area contributed by atoms with Crippen molar-refractivity contribution in [2.75, 3.05) is 0 Å². The first-order valence-corrected chi connectivity index (χ1v) is 5.28. The van der Waals surface area contributed by atoms with Crippen LogP contribution >= 0.6 is 12.4 Å². The third-order valence-corrected chi connectivity index (χ3v) is 2.61. The lowest BCUT2D eigenvalue weighted by molar-refractivity contribution is 0.628. The normalized spacial score (nSPS) is 11.7. The minimum Gasteiger partial charge on any atom is -0.324 e. The minimum atomic E-state index is -0.212. The van der Waals surface area contributed by atoms with E-state index >= 15 is 0 Å². The maximum atomic E-state index is 12.8. The molecule has 0 radical (unpaired) electrons. The zero-order valence-electron chi connectivity index (χ0n) is 9.56. The van der Waals surface area contributed by atoms with Crippen molar-refractivity contribution in [2.45, 2.75) is 13.0 Å². The molecule has 0 fully saturated rings. The summed E-state index contributed by atoms with van der Waals surface area (Å²) in [6.45, 7) is 1.95. The number of nitrogens with two attached hydrogens (primary N) is 1. The van der Waals surface area contributed by atoms with Gasteiger partial charge >= 0.3 is 0 Å². The zero-order valence-corrected chi connectivity index (χ0v) is 10.4. The van der Waals surface area contributed by atoms with E-state index in [1.54, 1.807) is 12.1 Å². The average molecular weight is 252 g/mol. The molecule has 0 aliphatic carbocycles. The van der Waals surface area contributed by atoms with Crippen LogP contribution in [0, 0.1) is 5.82 Å². The summed E-state index contributed by atoms with van der Waals surface area (Å²) in [5, 5.41) is 0. The van der Waals surface area contributed by atoms with E-state index in [9.17, 15) is 4.39 Å². The van der Waals surface area contributed by atoms with E-state index in [0.717, 1.165) is 16.7 Å². The first kappa shape index (κ1) is 13.7. The second kappa shape index (κ2) is 5.80. The van der Waals surface area contributed by atoms with Gasteiger partial charge in [-0.25, -0.2) is 4.39 Å². The highest BCUT2D eigenvalue weighted by atomic mass is 35.5. The molecule has 2 N–H and O–H groups in total. The van der Waals surface area contributed by atoms with Gasteiger partial charge in [0.2, 0.25) is 0 Å². The Morgan fingerprint density at radius 1 is 0.882 bits per heavy atom. The maximum absolute atomic E-state index is 12.8. The van der Waals surface area contributed by atoms with Gasteiger partial charge in [0.05, 0.1) is 0 Å². The van der Waals surface area contributed by atoms with Gasteiger partial charge in [-0.1, -0.05) is 36.4 Å². The highest BCUT2D eigenvalue weighted by molar-refractivity contribution is 5.85. The molecular weight excluding hydrogens is 237 g/mol. The van der Waals surface area contributed by atoms with E-state index in [2.05, 4.69) is 0 Å². The van der Waals surface area contributed by atoms with Crippen molar-refractivity contribution in [3.8, 4) is 11.1 Å². The van der Waals surface area contributed by atoms with Crippen molar-refractivity contribution in [3.63, 3.8) is 0 Å². The molecule has 1 nitrogen and oxygen atoms in total. The Balaban J connectivity index is 0.00000144. The highest BCUT2D eigenvalue weighted by Gasteiger charge is 2.01. The number of halogens is 2. The quantitative estimate of drug-likeness (QED) is 0.860. The van der Waals surface area contributed by atoms with Gasteiger partial charge in [-0.2, -0.15) is 0 Å². The molecule has 0 aliphatic heterocycles. The fraction of sp³-hybridized carbons (Fsp3) is 0.143. The van der Waals surface area contributed by atoms with E-state index in [1.165, 1.54) is 12.1 Å². The summed E-state index contributed by atoms with van der Waals surface area (Å²) < 4.78 is 12.8. The zero-order chi connectivity index (χ0) is 11.5. The summed E-state index contributed by atoms with van der Waals surface area (Å²) >= 11 is 0. The second-order valence-electron chi connectivity index (χ2n) is 3.92. The van der Waals surface area contributed by atoms with Gasteiger partial charge in [-0.15, -0.1) is 12.4 Å². The Hall–Kier alpha value is -1.38. The molecule has 0 aromatic heterocycles. The molecule has 2 aromatic carbocycles. The van der Waals surface area contributed by atoms with Gasteiger partial charge in [-0.05, 0) is 35.7 Å². The number of rotatable bonds is 2. The summed E-state index contributed by atoms with van der Waals surface area (Å²) in [5.74, 6) is -0.212. The van der Waals surface area contributed by atoms with Gasteiger partial charge in [-0.3, -0.25) is 0 Å². The Labute approximate surface area is 107 Å². The lowest BCUT2D eigenvalue weighted by Crippen LogP contribution is -2.04. The Kier molecular flexibility index (Phi) is 4.67. The molecule has 17 heavy (non-hydrogen) atoms. The fourth-order valence-corrected chi connectivity index (χ4v) is 1.62. The minimum absolute atomic E-state index is 0. The van der Waals surface area contributed by atoms with Crippen LogP contribution in [-0.4, -0.2) is 0 Å². The van der Waals surface area contributed by atoms with E-state index in [4.69, 9.17) is 5.73 Å². The molecular formula is C14H15ClFN. The molecule has 1 atom stereocenters. The van der Waals surface area contributed by atoms with E-state index < -0.39 is 0 Å². The largest absolute Gasteiger partial charge is 0.324 e. The molecule has 3 heteroatoms. The summed E-state index contributed by atoms with van der Waals surface area (Å²) in [6, 6.07) is 14.5. The average Bonchev–Trinajstić information content (AvgIpc) is 2.30. The van der Waals surface area contributed by atoms with Crippen molar-refractivity contribution in [1.29, 1.82) is 0 Å². The topological polar surface area (TPSA) is 26.0 Å². The summed E-state index contributed by atoms with van der Waals surface area (Å²) in [7, 11) is 0. The highest BCUT2D eigenvalue weighted by Crippen LogP contribution is 2.21. The standard InChI is InChI=1S/C14H14FN.ClH/c1-10(16)11-2-4-12(5-3-11)13-6-8-14(15)9-7-13;/h2-10H,16H2,1H3;1H. The predicted molar refractivity (Wildman–Crippen MR) is 71.7 cm³/mol. The van der Waals surface area contributed by atoms with Gasteiger partial charge < -0.3 is 5.73 Å². The van der Waals surface area contributed by atoms with Gasteiger partial charge in [0.15, 0.2) is 0 Å². The van der Waals surface area contributed by atoms with Crippen LogP contribution in [0.2, 0.25) is 0 Å². The van der Waals surface area contributed by atoms with Crippen molar-refractivity contribution < 1.29 is 4.39 Å². The predicted octanol–water partition coefficient (Wildman–Crippen LogP) is 3.93. The second-order valence-corrected chi connectivity index (χ2v) is 3.92. The maximum Gasteiger partial charge on any atom is 0.123 e. The number of hydrogen-bond donors (Lipinski definition) is 1. The molecule has 2 aromatic rings. The molecule has 0 bridgehead atoms. The van der Waals surface area contributed by atoms with E-state index in [0.29, 0.717) is 0 Å². The Bertz CT molecular complexity index is 463. The third kappa shape index (κ3) is 3.29. The molecule has 90 valence electrons. The SMILES string of the molecule is CC(N)c1ccc(-c2ccc(F)cc2)cc1.Cl. The summed E-state index contributed by atoms with van der Waals surface area (Å²) in [4.78, 5) is 0. The van der Waals surface area contributed by atoms with Crippen molar-refractivity contribution in [1.82, 2.24) is 0 Å². The molecule has 0 heterocycles. The van der Waals surface area contributed by atoms with Crippen LogP contribution in [0.1, 0.15) is 18.5 Å². The Morgan fingerprint density at radius 2 is 1.29 bits per heavy atom. The van der Waals surface area contributed by atoms with Crippen molar-refractivity contribution in [3.05, 3.63) is 59.9 Å². The summed E-state index contributed by atoms with van der Waals surface area (Å²) in [5.41, 5.74) is 8.96. The smallest absolute Gasteiger partial charge is 0.123 e. The molecule has 0 saturated heterocycles. The first-order valence-electron chi connectivity index (χ1n) is 5.28. The Morgan fingerprint density at radius 3 is 1.71 bits per heavy atom. The van der Waals surface area contributed by atoms with Gasteiger partial charge in [0, 0.05) is 6.04 Å². The van der Waals surface area contributed by atoms with E-state index in [1.807, 2.05) is 31.2 Å². The third-order valence-electron chi connectivity index (χ3n) is 2.61. The van der Waals surface area contributed by atoms with Crippen LogP contribution in [0.3, 0.4) is 0 Å². The van der Waals surface area contributed by atoms with Crippen molar-refractivity contribution in [2.24, 2.45) is 5.73 Å². The molecule has 0 saturated carbocycles.